The van der Waals surface area contributed by atoms with Crippen LogP contribution in [0, 0.1) is 12.7 Å². The lowest BCUT2D eigenvalue weighted by atomic mass is 10.0. The molecule has 1 atom stereocenters. The minimum absolute atomic E-state index is 0.0916. The molecule has 0 amide bonds. The maximum atomic E-state index is 14.3. The van der Waals surface area contributed by atoms with Crippen LogP contribution >= 0.6 is 0 Å². The molecule has 6 nitrogen and oxygen atoms in total. The van der Waals surface area contributed by atoms with Crippen LogP contribution in [0.15, 0.2) is 71.9 Å². The first-order valence-electron chi connectivity index (χ1n) is 9.99. The van der Waals surface area contributed by atoms with Crippen molar-refractivity contribution >= 4 is 27.6 Å². The van der Waals surface area contributed by atoms with Crippen LogP contribution in [-0.2, 0) is 0 Å². The fraction of sp³-hybridized carbons (Fsp3) is 0.125. The van der Waals surface area contributed by atoms with Gasteiger partial charge in [-0.2, -0.15) is 0 Å². The van der Waals surface area contributed by atoms with E-state index in [0.29, 0.717) is 22.2 Å². The van der Waals surface area contributed by atoms with E-state index >= 15 is 0 Å². The summed E-state index contributed by atoms with van der Waals surface area (Å²) in [5.74, 6) is -0.0625. The molecular weight excluding hydrogens is 393 g/mol. The number of hydrogen-bond donors (Lipinski definition) is 2. The molecule has 0 saturated carbocycles. The third-order valence-electron chi connectivity index (χ3n) is 5.52. The molecule has 7 heteroatoms. The van der Waals surface area contributed by atoms with Crippen LogP contribution in [0.1, 0.15) is 24.2 Å². The standard InChI is InChI=1S/C24H20FN5O/c1-14-7-6-8-16-11-19(30(24(31)20(14)16)17-9-4-3-5-10-17)15(2)29-23-21-18(25)12-26-22(21)27-13-28-23/h3-13,15H,1-2H3,(H2,26,27,28,29). The van der Waals surface area contributed by atoms with Crippen molar-refractivity contribution in [2.75, 3.05) is 5.32 Å². The smallest absolute Gasteiger partial charge is 0.263 e. The molecule has 3 aromatic heterocycles. The summed E-state index contributed by atoms with van der Waals surface area (Å²) in [5, 5.41) is 5.11. The molecule has 0 aliphatic heterocycles. The molecule has 0 bridgehead atoms. The van der Waals surface area contributed by atoms with Gasteiger partial charge >= 0.3 is 0 Å². The summed E-state index contributed by atoms with van der Waals surface area (Å²) in [5.41, 5.74) is 2.76. The number of para-hydroxylation sites is 1. The molecule has 3 heterocycles. The first-order valence-corrected chi connectivity index (χ1v) is 9.99. The summed E-state index contributed by atoms with van der Waals surface area (Å²) in [4.78, 5) is 24.7. The monoisotopic (exact) mass is 413 g/mol. The Balaban J connectivity index is 1.71. The Morgan fingerprint density at radius 3 is 2.68 bits per heavy atom. The van der Waals surface area contributed by atoms with Gasteiger partial charge in [0.25, 0.3) is 5.56 Å². The van der Waals surface area contributed by atoms with E-state index in [0.717, 1.165) is 22.3 Å². The molecule has 1 unspecified atom stereocenters. The Labute approximate surface area is 177 Å². The molecule has 31 heavy (non-hydrogen) atoms. The number of hydrogen-bond acceptors (Lipinski definition) is 4. The quantitative estimate of drug-likeness (QED) is 0.440. The van der Waals surface area contributed by atoms with E-state index in [1.807, 2.05) is 68.4 Å². The summed E-state index contributed by atoms with van der Waals surface area (Å²) in [6.07, 6.45) is 2.63. The Morgan fingerprint density at radius 2 is 1.87 bits per heavy atom. The van der Waals surface area contributed by atoms with Gasteiger partial charge in [-0.05, 0) is 43.0 Å². The highest BCUT2D eigenvalue weighted by Crippen LogP contribution is 2.28. The number of benzene rings is 2. The number of aromatic nitrogens is 4. The predicted octanol–water partition coefficient (Wildman–Crippen LogP) is 4.88. The number of pyridine rings is 1. The van der Waals surface area contributed by atoms with Crippen LogP contribution in [0.5, 0.6) is 0 Å². The highest BCUT2D eigenvalue weighted by molar-refractivity contribution is 5.88. The SMILES string of the molecule is Cc1cccc2cc(C(C)Nc3ncnc4[nH]cc(F)c34)n(-c3ccccc3)c(=O)c12. The van der Waals surface area contributed by atoms with Gasteiger partial charge < -0.3 is 10.3 Å². The third kappa shape index (κ3) is 3.15. The van der Waals surface area contributed by atoms with Crippen LogP contribution in [0.25, 0.3) is 27.5 Å². The van der Waals surface area contributed by atoms with Crippen molar-refractivity contribution in [3.8, 4) is 5.69 Å². The van der Waals surface area contributed by atoms with Gasteiger partial charge in [0.1, 0.15) is 17.8 Å². The molecule has 2 N–H and O–H groups in total. The molecule has 5 aromatic rings. The van der Waals surface area contributed by atoms with Gasteiger partial charge in [-0.1, -0.05) is 36.4 Å². The van der Waals surface area contributed by atoms with Gasteiger partial charge in [0.2, 0.25) is 0 Å². The van der Waals surface area contributed by atoms with Crippen LogP contribution < -0.4 is 10.9 Å². The van der Waals surface area contributed by atoms with E-state index in [1.165, 1.54) is 12.5 Å². The lowest BCUT2D eigenvalue weighted by molar-refractivity contribution is 0.639. The van der Waals surface area contributed by atoms with E-state index in [-0.39, 0.29) is 11.6 Å². The second-order valence-corrected chi connectivity index (χ2v) is 7.53. The molecule has 0 fully saturated rings. The maximum Gasteiger partial charge on any atom is 0.263 e. The molecule has 2 aromatic carbocycles. The fourth-order valence-electron chi connectivity index (χ4n) is 4.03. The minimum Gasteiger partial charge on any atom is -0.361 e. The van der Waals surface area contributed by atoms with Crippen LogP contribution in [0.2, 0.25) is 0 Å². The zero-order chi connectivity index (χ0) is 21.5. The largest absolute Gasteiger partial charge is 0.361 e. The number of fused-ring (bicyclic) bond motifs is 2. The Kier molecular flexibility index (Phi) is 4.51. The Morgan fingerprint density at radius 1 is 1.06 bits per heavy atom. The van der Waals surface area contributed by atoms with Crippen molar-refractivity contribution in [1.82, 2.24) is 19.5 Å². The molecule has 0 aliphatic carbocycles. The summed E-state index contributed by atoms with van der Waals surface area (Å²) in [6, 6.07) is 17.0. The average Bonchev–Trinajstić information content (AvgIpc) is 3.16. The van der Waals surface area contributed by atoms with Gasteiger partial charge in [0.15, 0.2) is 5.82 Å². The minimum atomic E-state index is -0.431. The van der Waals surface area contributed by atoms with Gasteiger partial charge in [-0.15, -0.1) is 0 Å². The first-order chi connectivity index (χ1) is 15.0. The molecule has 5 rings (SSSR count). The normalized spacial score (nSPS) is 12.4. The summed E-state index contributed by atoms with van der Waals surface area (Å²) in [7, 11) is 0. The van der Waals surface area contributed by atoms with Crippen molar-refractivity contribution in [2.24, 2.45) is 0 Å². The highest BCUT2D eigenvalue weighted by atomic mass is 19.1. The zero-order valence-electron chi connectivity index (χ0n) is 17.1. The van der Waals surface area contributed by atoms with Gasteiger partial charge in [-0.3, -0.25) is 9.36 Å². The lowest BCUT2D eigenvalue weighted by Crippen LogP contribution is -2.26. The van der Waals surface area contributed by atoms with Crippen molar-refractivity contribution < 1.29 is 4.39 Å². The molecule has 0 spiro atoms. The Hall–Kier alpha value is -4.00. The van der Waals surface area contributed by atoms with Gasteiger partial charge in [-0.25, -0.2) is 14.4 Å². The molecule has 0 radical (unpaired) electrons. The van der Waals surface area contributed by atoms with E-state index in [4.69, 9.17) is 0 Å². The van der Waals surface area contributed by atoms with Crippen LogP contribution in [-0.4, -0.2) is 19.5 Å². The number of anilines is 1. The number of aryl methyl sites for hydroxylation is 1. The molecule has 0 aliphatic rings. The topological polar surface area (TPSA) is 75.6 Å². The van der Waals surface area contributed by atoms with Crippen molar-refractivity contribution in [3.05, 3.63) is 94.5 Å². The molecule has 0 saturated heterocycles. The summed E-state index contributed by atoms with van der Waals surface area (Å²) >= 11 is 0. The summed E-state index contributed by atoms with van der Waals surface area (Å²) in [6.45, 7) is 3.86. The number of nitrogens with zero attached hydrogens (tertiary/aromatic N) is 3. The molecule has 154 valence electrons. The first kappa shape index (κ1) is 19.0. The second kappa shape index (κ2) is 7.36. The number of aromatic amines is 1. The highest BCUT2D eigenvalue weighted by Gasteiger charge is 2.19. The van der Waals surface area contributed by atoms with E-state index in [2.05, 4.69) is 20.3 Å². The molecular formula is C24H20FN5O. The van der Waals surface area contributed by atoms with E-state index in [1.54, 1.807) is 4.57 Å². The van der Waals surface area contributed by atoms with Gasteiger partial charge in [0, 0.05) is 17.6 Å². The zero-order valence-corrected chi connectivity index (χ0v) is 17.1. The van der Waals surface area contributed by atoms with Crippen molar-refractivity contribution in [1.29, 1.82) is 0 Å². The van der Waals surface area contributed by atoms with E-state index in [9.17, 15) is 9.18 Å². The third-order valence-corrected chi connectivity index (χ3v) is 5.52. The average molecular weight is 413 g/mol. The van der Waals surface area contributed by atoms with Crippen LogP contribution in [0.3, 0.4) is 0 Å². The van der Waals surface area contributed by atoms with Crippen molar-refractivity contribution in [3.63, 3.8) is 0 Å². The van der Waals surface area contributed by atoms with Gasteiger partial charge in [0.05, 0.1) is 16.8 Å². The lowest BCUT2D eigenvalue weighted by Gasteiger charge is -2.22. The number of H-pyrrole nitrogens is 1. The number of rotatable bonds is 4. The Bertz CT molecular complexity index is 1470. The second-order valence-electron chi connectivity index (χ2n) is 7.53. The predicted molar refractivity (Wildman–Crippen MR) is 120 cm³/mol. The number of nitrogens with one attached hydrogen (secondary N) is 2. The number of halogens is 1. The fourth-order valence-corrected chi connectivity index (χ4v) is 4.03. The summed E-state index contributed by atoms with van der Waals surface area (Å²) < 4.78 is 16.0. The van der Waals surface area contributed by atoms with Crippen LogP contribution in [0.4, 0.5) is 10.2 Å². The van der Waals surface area contributed by atoms with Crippen molar-refractivity contribution in [2.45, 2.75) is 19.9 Å². The van der Waals surface area contributed by atoms with E-state index < -0.39 is 5.82 Å². The maximum absolute atomic E-state index is 14.3.